The van der Waals surface area contributed by atoms with E-state index in [1.165, 1.54) is 0 Å². The molecule has 0 bridgehead atoms. The molecule has 1 N–H and O–H groups in total. The van der Waals surface area contributed by atoms with E-state index in [4.69, 9.17) is 9.47 Å². The molecule has 3 rings (SSSR count). The average molecular weight is 336 g/mol. The fourth-order valence-electron chi connectivity index (χ4n) is 3.21. The average Bonchev–Trinajstić information content (AvgIpc) is 2.97. The number of hydrogen-bond acceptors (Lipinski definition) is 4. The molecule has 1 aliphatic rings. The number of rotatable bonds is 7. The van der Waals surface area contributed by atoms with E-state index in [0.29, 0.717) is 19.8 Å². The first-order valence-electron chi connectivity index (χ1n) is 8.71. The Bertz CT molecular complexity index is 684. The van der Waals surface area contributed by atoms with Gasteiger partial charge in [0.15, 0.2) is 0 Å². The third kappa shape index (κ3) is 4.67. The first-order chi connectivity index (χ1) is 12.3. The van der Waals surface area contributed by atoms with Crippen LogP contribution in [0, 0.1) is 17.2 Å². The second kappa shape index (κ2) is 8.77. The Balaban J connectivity index is 1.51. The van der Waals surface area contributed by atoms with Crippen molar-refractivity contribution in [1.29, 1.82) is 5.26 Å². The Morgan fingerprint density at radius 2 is 1.56 bits per heavy atom. The Morgan fingerprint density at radius 3 is 2.16 bits per heavy atom. The van der Waals surface area contributed by atoms with Crippen molar-refractivity contribution in [1.82, 2.24) is 5.32 Å². The number of nitrogens with zero attached hydrogens (tertiary/aromatic N) is 1. The first-order valence-corrected chi connectivity index (χ1v) is 8.71. The van der Waals surface area contributed by atoms with E-state index in [-0.39, 0.29) is 24.1 Å². The molecule has 4 heteroatoms. The van der Waals surface area contributed by atoms with Crippen LogP contribution in [0.3, 0.4) is 0 Å². The highest BCUT2D eigenvalue weighted by Gasteiger charge is 2.41. The van der Waals surface area contributed by atoms with Gasteiger partial charge >= 0.3 is 0 Å². The lowest BCUT2D eigenvalue weighted by Gasteiger charge is -2.20. The fraction of sp³-hybridized carbons (Fsp3) is 0.381. The molecule has 2 aromatic rings. The van der Waals surface area contributed by atoms with Crippen LogP contribution in [0.4, 0.5) is 0 Å². The number of nitriles is 1. The molecule has 2 aromatic carbocycles. The molecule has 0 aliphatic carbocycles. The highest BCUT2D eigenvalue weighted by atomic mass is 16.5. The standard InChI is InChI=1S/C21H24N2O2/c1-16-20(15-24-13-17-8-4-2-5-9-17)23-19(12-22)21(16)25-14-18-10-6-3-7-11-18/h2-11,16,19-21,23H,13-15H2,1H3/t16-,19+,20+,21-/m0/s1. The quantitative estimate of drug-likeness (QED) is 0.843. The third-order valence-electron chi connectivity index (χ3n) is 4.71. The van der Waals surface area contributed by atoms with E-state index in [9.17, 15) is 5.26 Å². The van der Waals surface area contributed by atoms with Crippen LogP contribution in [0.2, 0.25) is 0 Å². The fourth-order valence-corrected chi connectivity index (χ4v) is 3.21. The molecule has 0 spiro atoms. The summed E-state index contributed by atoms with van der Waals surface area (Å²) in [6.07, 6.45) is -0.129. The molecule has 1 aliphatic heterocycles. The topological polar surface area (TPSA) is 54.3 Å². The van der Waals surface area contributed by atoms with Crippen LogP contribution in [0.1, 0.15) is 18.1 Å². The van der Waals surface area contributed by atoms with Crippen LogP contribution < -0.4 is 5.32 Å². The molecule has 1 saturated heterocycles. The molecule has 4 atom stereocenters. The van der Waals surface area contributed by atoms with Gasteiger partial charge in [-0.1, -0.05) is 67.6 Å². The van der Waals surface area contributed by atoms with Crippen molar-refractivity contribution in [2.75, 3.05) is 6.61 Å². The minimum absolute atomic E-state index is 0.120. The van der Waals surface area contributed by atoms with Gasteiger partial charge < -0.3 is 9.47 Å². The molecule has 25 heavy (non-hydrogen) atoms. The molecule has 0 amide bonds. The summed E-state index contributed by atoms with van der Waals surface area (Å²) in [6, 6.07) is 22.3. The SMILES string of the molecule is C[C@@H]1[C@H](OCc2ccccc2)[C@@H](C#N)N[C@@H]1COCc1ccccc1. The highest BCUT2D eigenvalue weighted by molar-refractivity contribution is 5.15. The number of ether oxygens (including phenoxy) is 2. The molecular formula is C21H24N2O2. The van der Waals surface area contributed by atoms with Gasteiger partial charge in [0.25, 0.3) is 0 Å². The first kappa shape index (κ1) is 17.6. The summed E-state index contributed by atoms with van der Waals surface area (Å²) in [5, 5.41) is 12.8. The number of nitrogens with one attached hydrogen (secondary N) is 1. The number of hydrogen-bond donors (Lipinski definition) is 1. The van der Waals surface area contributed by atoms with Crippen LogP contribution in [-0.2, 0) is 22.7 Å². The third-order valence-corrected chi connectivity index (χ3v) is 4.71. The second-order valence-electron chi connectivity index (χ2n) is 6.50. The summed E-state index contributed by atoms with van der Waals surface area (Å²) >= 11 is 0. The Kier molecular flexibility index (Phi) is 6.19. The van der Waals surface area contributed by atoms with Crippen molar-refractivity contribution >= 4 is 0 Å². The molecule has 0 aromatic heterocycles. The van der Waals surface area contributed by atoms with Crippen LogP contribution in [-0.4, -0.2) is 24.8 Å². The predicted molar refractivity (Wildman–Crippen MR) is 96.6 cm³/mol. The maximum atomic E-state index is 9.44. The molecule has 4 nitrogen and oxygen atoms in total. The largest absolute Gasteiger partial charge is 0.375 e. The lowest BCUT2D eigenvalue weighted by atomic mass is 9.99. The van der Waals surface area contributed by atoms with E-state index in [1.807, 2.05) is 48.5 Å². The van der Waals surface area contributed by atoms with Gasteiger partial charge in [0.2, 0.25) is 0 Å². The molecular weight excluding hydrogens is 312 g/mol. The van der Waals surface area contributed by atoms with Gasteiger partial charge in [0.05, 0.1) is 32.0 Å². The molecule has 1 heterocycles. The van der Waals surface area contributed by atoms with Crippen molar-refractivity contribution < 1.29 is 9.47 Å². The summed E-state index contributed by atoms with van der Waals surface area (Å²) in [5.41, 5.74) is 2.28. The maximum absolute atomic E-state index is 9.44. The van der Waals surface area contributed by atoms with Crippen LogP contribution in [0.5, 0.6) is 0 Å². The van der Waals surface area contributed by atoms with E-state index in [1.54, 1.807) is 0 Å². The van der Waals surface area contributed by atoms with E-state index >= 15 is 0 Å². The van der Waals surface area contributed by atoms with Gasteiger partial charge in [-0.3, -0.25) is 5.32 Å². The molecule has 0 saturated carbocycles. The Morgan fingerprint density at radius 1 is 0.960 bits per heavy atom. The Hall–Kier alpha value is -2.19. The zero-order valence-corrected chi connectivity index (χ0v) is 14.5. The summed E-state index contributed by atoms with van der Waals surface area (Å²) in [5.74, 6) is 0.212. The minimum atomic E-state index is -0.302. The lowest BCUT2D eigenvalue weighted by Crippen LogP contribution is -2.34. The second-order valence-corrected chi connectivity index (χ2v) is 6.50. The predicted octanol–water partition coefficient (Wildman–Crippen LogP) is 3.29. The van der Waals surface area contributed by atoms with E-state index < -0.39 is 0 Å². The molecule has 1 fully saturated rings. The van der Waals surface area contributed by atoms with Crippen molar-refractivity contribution in [2.24, 2.45) is 5.92 Å². The van der Waals surface area contributed by atoms with Gasteiger partial charge in [-0.05, 0) is 11.1 Å². The van der Waals surface area contributed by atoms with Crippen molar-refractivity contribution in [3.05, 3.63) is 71.8 Å². The van der Waals surface area contributed by atoms with Crippen molar-refractivity contribution in [3.63, 3.8) is 0 Å². The highest BCUT2D eigenvalue weighted by Crippen LogP contribution is 2.25. The van der Waals surface area contributed by atoms with E-state index in [2.05, 4.69) is 30.4 Å². The molecule has 0 radical (unpaired) electrons. The monoisotopic (exact) mass is 336 g/mol. The van der Waals surface area contributed by atoms with Gasteiger partial charge in [0, 0.05) is 12.0 Å². The number of benzene rings is 2. The van der Waals surface area contributed by atoms with Crippen LogP contribution >= 0.6 is 0 Å². The van der Waals surface area contributed by atoms with E-state index in [0.717, 1.165) is 11.1 Å². The summed E-state index contributed by atoms with van der Waals surface area (Å²) in [6.45, 7) is 3.79. The van der Waals surface area contributed by atoms with Gasteiger partial charge in [-0.15, -0.1) is 0 Å². The zero-order chi connectivity index (χ0) is 17.5. The smallest absolute Gasteiger partial charge is 0.122 e. The minimum Gasteiger partial charge on any atom is -0.375 e. The Labute approximate surface area is 149 Å². The summed E-state index contributed by atoms with van der Waals surface area (Å²) in [4.78, 5) is 0. The maximum Gasteiger partial charge on any atom is 0.122 e. The van der Waals surface area contributed by atoms with Crippen molar-refractivity contribution in [3.8, 4) is 6.07 Å². The van der Waals surface area contributed by atoms with Gasteiger partial charge in [-0.2, -0.15) is 5.26 Å². The van der Waals surface area contributed by atoms with Gasteiger partial charge in [0.1, 0.15) is 6.04 Å². The van der Waals surface area contributed by atoms with Crippen molar-refractivity contribution in [2.45, 2.75) is 38.3 Å². The zero-order valence-electron chi connectivity index (χ0n) is 14.5. The van der Waals surface area contributed by atoms with Crippen LogP contribution in [0.15, 0.2) is 60.7 Å². The molecule has 130 valence electrons. The molecule has 0 unspecified atom stereocenters. The van der Waals surface area contributed by atoms with Gasteiger partial charge in [-0.25, -0.2) is 0 Å². The lowest BCUT2D eigenvalue weighted by molar-refractivity contribution is 0.00969. The summed E-state index contributed by atoms with van der Waals surface area (Å²) < 4.78 is 11.9. The van der Waals surface area contributed by atoms with Crippen LogP contribution in [0.25, 0.3) is 0 Å². The normalized spacial score (nSPS) is 25.6. The summed E-state index contributed by atoms with van der Waals surface area (Å²) in [7, 11) is 0.